The third-order valence-electron chi connectivity index (χ3n) is 3.07. The number of halogens is 1. The van der Waals surface area contributed by atoms with Gasteiger partial charge in [0.15, 0.2) is 0 Å². The second-order valence-corrected chi connectivity index (χ2v) is 4.35. The summed E-state index contributed by atoms with van der Waals surface area (Å²) in [5.74, 6) is 0.710. The fourth-order valence-corrected chi connectivity index (χ4v) is 2.10. The average molecular weight is 228 g/mol. The second kappa shape index (κ2) is 4.17. The number of hydrogen-bond donors (Lipinski definition) is 1. The van der Waals surface area contributed by atoms with Crippen molar-refractivity contribution < 1.29 is 4.39 Å². The molecule has 1 aromatic heterocycles. The first-order valence-electron chi connectivity index (χ1n) is 5.77. The molecule has 1 N–H and O–H groups in total. The number of nitrogens with zero attached hydrogens (tertiary/aromatic N) is 1. The van der Waals surface area contributed by atoms with E-state index in [0.29, 0.717) is 17.8 Å². The molecule has 1 aliphatic rings. The normalized spacial score (nSPS) is 22.2. The van der Waals surface area contributed by atoms with E-state index in [1.807, 2.05) is 18.2 Å². The average Bonchev–Trinajstić information content (AvgIpc) is 3.10. The minimum absolute atomic E-state index is 0.381. The van der Waals surface area contributed by atoms with Gasteiger partial charge < -0.3 is 5.32 Å². The van der Waals surface area contributed by atoms with Gasteiger partial charge in [-0.2, -0.15) is 4.39 Å². The predicted octanol–water partition coefficient (Wildman–Crippen LogP) is 3.19. The van der Waals surface area contributed by atoms with E-state index in [9.17, 15) is 4.39 Å². The van der Waals surface area contributed by atoms with E-state index < -0.39 is 5.95 Å². The highest BCUT2D eigenvalue weighted by Crippen LogP contribution is 2.42. The van der Waals surface area contributed by atoms with Crippen molar-refractivity contribution >= 4 is 5.82 Å². The van der Waals surface area contributed by atoms with Crippen molar-refractivity contribution in [3.05, 3.63) is 60.0 Å². The molecule has 2 atom stereocenters. The van der Waals surface area contributed by atoms with Crippen LogP contribution < -0.4 is 5.32 Å². The molecule has 1 heterocycles. The zero-order valence-electron chi connectivity index (χ0n) is 9.31. The van der Waals surface area contributed by atoms with E-state index in [4.69, 9.17) is 0 Å². The van der Waals surface area contributed by atoms with Gasteiger partial charge in [-0.3, -0.25) is 0 Å². The fourth-order valence-electron chi connectivity index (χ4n) is 2.10. The number of pyridine rings is 1. The summed E-state index contributed by atoms with van der Waals surface area (Å²) in [7, 11) is 0. The third-order valence-corrected chi connectivity index (χ3v) is 3.07. The van der Waals surface area contributed by atoms with Crippen LogP contribution in [0.25, 0.3) is 0 Å². The Kier molecular flexibility index (Phi) is 2.52. The third kappa shape index (κ3) is 2.28. The minimum atomic E-state index is -0.438. The van der Waals surface area contributed by atoms with Gasteiger partial charge in [0.2, 0.25) is 5.95 Å². The summed E-state index contributed by atoms with van der Waals surface area (Å²) in [4.78, 5) is 3.80. The summed E-state index contributed by atoms with van der Waals surface area (Å²) in [6.45, 7) is 0. The Morgan fingerprint density at radius 3 is 2.65 bits per heavy atom. The maximum atomic E-state index is 12.9. The molecular formula is C14H13FN2. The summed E-state index contributed by atoms with van der Waals surface area (Å²) >= 11 is 0. The number of anilines is 1. The minimum Gasteiger partial charge on any atom is -0.367 e. The van der Waals surface area contributed by atoms with E-state index in [1.54, 1.807) is 12.1 Å². The van der Waals surface area contributed by atoms with Crippen molar-refractivity contribution in [1.82, 2.24) is 4.98 Å². The summed E-state index contributed by atoms with van der Waals surface area (Å²) < 4.78 is 12.9. The van der Waals surface area contributed by atoms with Crippen LogP contribution in [0.4, 0.5) is 10.2 Å². The molecule has 1 aromatic carbocycles. The highest BCUT2D eigenvalue weighted by Gasteiger charge is 2.38. The smallest absolute Gasteiger partial charge is 0.214 e. The molecule has 17 heavy (non-hydrogen) atoms. The SMILES string of the molecule is Fc1cccc(NC2CC2c2ccccc2)n1. The molecule has 1 aliphatic carbocycles. The van der Waals surface area contributed by atoms with E-state index in [0.717, 1.165) is 6.42 Å². The summed E-state index contributed by atoms with van der Waals surface area (Å²) in [5.41, 5.74) is 1.33. The van der Waals surface area contributed by atoms with Gasteiger partial charge in [0.1, 0.15) is 5.82 Å². The molecule has 0 aliphatic heterocycles. The number of benzene rings is 1. The van der Waals surface area contributed by atoms with Gasteiger partial charge in [-0.05, 0) is 24.1 Å². The highest BCUT2D eigenvalue weighted by atomic mass is 19.1. The fraction of sp³-hybridized carbons (Fsp3) is 0.214. The van der Waals surface area contributed by atoms with Crippen molar-refractivity contribution in [2.75, 3.05) is 5.32 Å². The van der Waals surface area contributed by atoms with Gasteiger partial charge in [0.25, 0.3) is 0 Å². The Hall–Kier alpha value is -1.90. The van der Waals surface area contributed by atoms with Crippen LogP contribution >= 0.6 is 0 Å². The highest BCUT2D eigenvalue weighted by molar-refractivity contribution is 5.41. The number of aromatic nitrogens is 1. The molecular weight excluding hydrogens is 215 g/mol. The zero-order chi connectivity index (χ0) is 11.7. The van der Waals surface area contributed by atoms with Crippen molar-refractivity contribution in [1.29, 1.82) is 0 Å². The molecule has 2 nitrogen and oxygen atoms in total. The lowest BCUT2D eigenvalue weighted by molar-refractivity contribution is 0.585. The van der Waals surface area contributed by atoms with Gasteiger partial charge >= 0.3 is 0 Å². The Morgan fingerprint density at radius 1 is 1.06 bits per heavy atom. The molecule has 1 fully saturated rings. The van der Waals surface area contributed by atoms with Crippen molar-refractivity contribution in [2.24, 2.45) is 0 Å². The molecule has 0 saturated heterocycles. The first kappa shape index (κ1) is 10.3. The standard InChI is InChI=1S/C14H13FN2/c15-13-7-4-8-14(17-13)16-12-9-11(12)10-5-2-1-3-6-10/h1-8,11-12H,9H2,(H,16,17). The molecule has 2 aromatic rings. The summed E-state index contributed by atoms with van der Waals surface area (Å²) in [6.07, 6.45) is 1.09. The summed E-state index contributed by atoms with van der Waals surface area (Å²) in [6, 6.07) is 15.6. The topological polar surface area (TPSA) is 24.9 Å². The molecule has 0 radical (unpaired) electrons. The first-order chi connectivity index (χ1) is 8.33. The van der Waals surface area contributed by atoms with Crippen LogP contribution in [0.1, 0.15) is 17.9 Å². The molecule has 0 bridgehead atoms. The lowest BCUT2D eigenvalue weighted by atomic mass is 10.1. The lowest BCUT2D eigenvalue weighted by Gasteiger charge is -2.04. The molecule has 3 rings (SSSR count). The van der Waals surface area contributed by atoms with Gasteiger partial charge in [-0.15, -0.1) is 0 Å². The number of nitrogens with one attached hydrogen (secondary N) is 1. The molecule has 0 amide bonds. The van der Waals surface area contributed by atoms with Crippen LogP contribution in [0.3, 0.4) is 0 Å². The van der Waals surface area contributed by atoms with Crippen LogP contribution in [0.15, 0.2) is 48.5 Å². The van der Waals surface area contributed by atoms with Crippen LogP contribution in [0, 0.1) is 5.95 Å². The molecule has 3 heteroatoms. The lowest BCUT2D eigenvalue weighted by Crippen LogP contribution is -2.06. The largest absolute Gasteiger partial charge is 0.367 e. The quantitative estimate of drug-likeness (QED) is 0.816. The van der Waals surface area contributed by atoms with Crippen LogP contribution in [0.5, 0.6) is 0 Å². The van der Waals surface area contributed by atoms with E-state index in [-0.39, 0.29) is 0 Å². The van der Waals surface area contributed by atoms with Crippen molar-refractivity contribution in [3.63, 3.8) is 0 Å². The Bertz CT molecular complexity index is 513. The maximum absolute atomic E-state index is 12.9. The molecule has 2 unspecified atom stereocenters. The first-order valence-corrected chi connectivity index (χ1v) is 5.77. The van der Waals surface area contributed by atoms with Crippen LogP contribution in [-0.4, -0.2) is 11.0 Å². The van der Waals surface area contributed by atoms with Crippen molar-refractivity contribution in [2.45, 2.75) is 18.4 Å². The maximum Gasteiger partial charge on any atom is 0.214 e. The Balaban J connectivity index is 1.66. The van der Waals surface area contributed by atoms with Crippen LogP contribution in [-0.2, 0) is 0 Å². The zero-order valence-corrected chi connectivity index (χ0v) is 9.31. The second-order valence-electron chi connectivity index (χ2n) is 4.35. The molecule has 1 saturated carbocycles. The number of hydrogen-bond acceptors (Lipinski definition) is 2. The van der Waals surface area contributed by atoms with Gasteiger partial charge in [0.05, 0.1) is 0 Å². The molecule has 0 spiro atoms. The van der Waals surface area contributed by atoms with E-state index in [1.165, 1.54) is 11.6 Å². The van der Waals surface area contributed by atoms with Gasteiger partial charge in [-0.25, -0.2) is 4.98 Å². The van der Waals surface area contributed by atoms with Gasteiger partial charge in [0, 0.05) is 12.0 Å². The van der Waals surface area contributed by atoms with E-state index in [2.05, 4.69) is 22.4 Å². The summed E-state index contributed by atoms with van der Waals surface area (Å²) in [5, 5.41) is 3.25. The Morgan fingerprint density at radius 2 is 1.88 bits per heavy atom. The number of rotatable bonds is 3. The predicted molar refractivity (Wildman–Crippen MR) is 65.4 cm³/mol. The van der Waals surface area contributed by atoms with Crippen molar-refractivity contribution in [3.8, 4) is 0 Å². The Labute approximate surface area is 99.5 Å². The van der Waals surface area contributed by atoms with Crippen LogP contribution in [0.2, 0.25) is 0 Å². The molecule has 86 valence electrons. The van der Waals surface area contributed by atoms with Gasteiger partial charge in [-0.1, -0.05) is 36.4 Å². The van der Waals surface area contributed by atoms with E-state index >= 15 is 0 Å². The monoisotopic (exact) mass is 228 g/mol.